The van der Waals surface area contributed by atoms with Gasteiger partial charge in [-0.05, 0) is 204 Å². The van der Waals surface area contributed by atoms with Gasteiger partial charge in [0.05, 0.1) is 71.3 Å². The van der Waals surface area contributed by atoms with Crippen molar-refractivity contribution in [2.24, 2.45) is 56.4 Å². The minimum atomic E-state index is 0.206. The Hall–Kier alpha value is -15.0. The van der Waals surface area contributed by atoms with Crippen molar-refractivity contribution in [3.05, 3.63) is 411 Å². The van der Waals surface area contributed by atoms with Crippen molar-refractivity contribution in [1.29, 1.82) is 0 Å². The summed E-state index contributed by atoms with van der Waals surface area (Å²) in [6.07, 6.45) is 22.1. The average molecular weight is 1720 g/mol. The lowest BCUT2D eigenvalue weighted by Gasteiger charge is -2.26. The molecule has 0 spiro atoms. The van der Waals surface area contributed by atoms with Crippen LogP contribution in [0.25, 0.3) is 56.7 Å². The summed E-state index contributed by atoms with van der Waals surface area (Å²) in [6, 6.07) is 111. The molecule has 8 aromatic heterocycles. The summed E-state index contributed by atoms with van der Waals surface area (Å²) in [7, 11) is 21.0. The molecule has 4 aliphatic rings. The number of anilines is 10. The second-order valence-electron chi connectivity index (χ2n) is 34.0. The van der Waals surface area contributed by atoms with Gasteiger partial charge in [0.1, 0.15) is 42.2 Å². The Morgan fingerprint density at radius 1 is 0.231 bits per heavy atom. The van der Waals surface area contributed by atoms with Crippen LogP contribution in [-0.4, -0.2) is 53.0 Å². The van der Waals surface area contributed by atoms with E-state index < -0.39 is 0 Å². The Kier molecular flexibility index (Phi) is 27.5. The van der Waals surface area contributed by atoms with Gasteiger partial charge in [0, 0.05) is 108 Å². The Balaban J connectivity index is 0.000000120. The van der Waals surface area contributed by atoms with Crippen LogP contribution < -0.4 is 71.1 Å². The number of rotatable bonds is 12. The van der Waals surface area contributed by atoms with Gasteiger partial charge in [0.15, 0.2) is 62.5 Å². The van der Waals surface area contributed by atoms with E-state index in [-0.39, 0.29) is 18.5 Å². The highest BCUT2D eigenvalue weighted by atomic mass is 15.5. The summed E-state index contributed by atoms with van der Waals surface area (Å²) in [5.74, 6) is 5.91. The van der Waals surface area contributed by atoms with Crippen molar-refractivity contribution in [3.8, 4) is 56.7 Å². The third kappa shape index (κ3) is 18.5. The first-order valence-corrected chi connectivity index (χ1v) is 44.9. The van der Waals surface area contributed by atoms with Crippen LogP contribution in [0, 0.1) is 41.5 Å². The van der Waals surface area contributed by atoms with E-state index in [4.69, 9.17) is 0 Å². The van der Waals surface area contributed by atoms with E-state index >= 15 is 0 Å². The SMILES string of the molecule is Cc1ccccc1-c1cccc(-n2ccc[n+]2C)[n+]1C.Cc1ccccc1-c1cccc(N2C=CN(C)[C@@H]2C)[n+]1C.Cc1ccccc1-c1cccc(N2c3ccccc3N(C)[C@@H]2C)[n+]1C.Cc1ccccc1-n1ccc(-c2cccc[n+]2C)[n+]1C.Cc1ccccc1N1C=CN(c2cccc[n+]2C)[C@@H]1C.Cc1ccccc1N1c2ccccc2N(c2cccc[n+]2C)[C@@H]1C. The van der Waals surface area contributed by atoms with E-state index in [1.54, 1.807) is 0 Å². The van der Waals surface area contributed by atoms with E-state index in [0.29, 0.717) is 6.17 Å². The van der Waals surface area contributed by atoms with Crippen LogP contribution in [0.4, 0.5) is 57.4 Å². The average Bonchev–Trinajstić information content (AvgIpc) is 1.58. The van der Waals surface area contributed by atoms with Crippen molar-refractivity contribution in [2.45, 2.75) is 93.9 Å². The van der Waals surface area contributed by atoms with Crippen molar-refractivity contribution in [1.82, 2.24) is 14.3 Å². The highest BCUT2D eigenvalue weighted by Gasteiger charge is 2.43. The van der Waals surface area contributed by atoms with Gasteiger partial charge < -0.3 is 14.7 Å². The number of para-hydroxylation sites is 7. The molecule has 20 rings (SSSR count). The van der Waals surface area contributed by atoms with Crippen LogP contribution in [0.1, 0.15) is 61.1 Å². The molecule has 4 atom stereocenters. The molecule has 0 amide bonds. The minimum absolute atomic E-state index is 0.206. The predicted molar refractivity (Wildman–Crippen MR) is 529 cm³/mol. The maximum Gasteiger partial charge on any atom is 0.342 e. The number of hydrogen-bond donors (Lipinski definition) is 0. The largest absolute Gasteiger partial charge is 0.342 e. The Labute approximate surface area is 769 Å². The van der Waals surface area contributed by atoms with E-state index in [1.807, 2.05) is 31.4 Å². The summed E-state index contributed by atoms with van der Waals surface area (Å²) in [4.78, 5) is 18.7. The molecule has 0 aliphatic carbocycles. The fourth-order valence-corrected chi connectivity index (χ4v) is 18.2. The molecule has 0 fully saturated rings. The molecule has 656 valence electrons. The highest BCUT2D eigenvalue weighted by molar-refractivity contribution is 5.88. The molecule has 0 saturated heterocycles. The van der Waals surface area contributed by atoms with Gasteiger partial charge in [-0.25, -0.2) is 42.4 Å². The molecule has 0 unspecified atom stereocenters. The monoisotopic (exact) mass is 1720 g/mol. The van der Waals surface area contributed by atoms with Gasteiger partial charge in [-0.3, -0.25) is 4.90 Å². The lowest BCUT2D eigenvalue weighted by Crippen LogP contribution is -2.45. The third-order valence-corrected chi connectivity index (χ3v) is 25.8. The summed E-state index contributed by atoms with van der Waals surface area (Å²) < 4.78 is 21.8. The fraction of sp³-hybridized carbons (Fsp3) is 0.214. The standard InChI is InChI=1S/C22H24N3.C21H22N3.C18H22N3.2C17H19N3.C17H20N3/c1-16-10-5-6-11-18(16)19-14-9-15-22(24(19)4)25-17(2)23(3)20-12-7-8-13-21(20)25;1-16-10-4-5-11-18(16)23-17(2)24(20-13-7-6-12-19(20)23)21-14-8-9-15-22(21)3;1-14-8-5-6-9-16(14)17-10-7-11-18(20(17)4)21-13-12-19(3)15(21)2;1-14-8-4-5-9-15(14)16-10-6-11-17(19(16)3)20-13-7-12-18(20)2;1-14-8-4-5-9-15(14)20-13-11-17(19(20)3)16-10-6-7-12-18(16)2;1-14-8-4-5-9-16(14)19-12-13-20(15(19)2)17-10-6-7-11-18(17)3/h5-15,17H,1-4H3;4-15,17H,1-3H3;5-13,15H,1-4H3;2*4-13H,1-3H3;4-13,15H,1-3H3/q3*+1;2*+2;+1/t2*17-;15-;;;15-/m010..1/s1. The molecule has 16 aromatic rings. The van der Waals surface area contributed by atoms with Gasteiger partial charge >= 0.3 is 11.5 Å². The molecule has 0 saturated carbocycles. The van der Waals surface area contributed by atoms with Crippen LogP contribution in [0.15, 0.2) is 377 Å². The van der Waals surface area contributed by atoms with Crippen molar-refractivity contribution >= 4 is 57.4 Å². The maximum absolute atomic E-state index is 2.43. The van der Waals surface area contributed by atoms with Gasteiger partial charge in [0.25, 0.3) is 29.0 Å². The molecule has 18 nitrogen and oxygen atoms in total. The molecule has 0 bridgehead atoms. The Morgan fingerprint density at radius 3 is 1.10 bits per heavy atom. The lowest BCUT2D eigenvalue weighted by molar-refractivity contribution is -0.763. The van der Waals surface area contributed by atoms with Crippen LogP contribution in [0.3, 0.4) is 0 Å². The van der Waals surface area contributed by atoms with Crippen LogP contribution >= 0.6 is 0 Å². The number of fused-ring (bicyclic) bond motifs is 2. The number of aryl methyl sites for hydroxylation is 10. The normalized spacial score (nSPS) is 15.0. The fourth-order valence-electron chi connectivity index (χ4n) is 18.2. The maximum atomic E-state index is 2.43. The van der Waals surface area contributed by atoms with E-state index in [1.165, 1.54) is 142 Å². The molecule has 12 heterocycles. The van der Waals surface area contributed by atoms with Crippen molar-refractivity contribution in [3.63, 3.8) is 0 Å². The molecular formula is C112H126N18+8. The smallest absolute Gasteiger partial charge is 0.339 e. The molecular weight excluding hydrogens is 1600 g/mol. The van der Waals surface area contributed by atoms with E-state index in [9.17, 15) is 0 Å². The van der Waals surface area contributed by atoms with Gasteiger partial charge in [-0.2, -0.15) is 4.57 Å². The van der Waals surface area contributed by atoms with Crippen LogP contribution in [0.2, 0.25) is 0 Å². The quantitative estimate of drug-likeness (QED) is 0.112. The summed E-state index contributed by atoms with van der Waals surface area (Å²) in [5, 5.41) is 0. The molecule has 0 N–H and O–H groups in total. The Morgan fingerprint density at radius 2 is 0.608 bits per heavy atom. The zero-order chi connectivity index (χ0) is 91.6. The number of nitrogens with zero attached hydrogens (tertiary/aromatic N) is 18. The van der Waals surface area contributed by atoms with Crippen molar-refractivity contribution in [2.75, 3.05) is 48.4 Å². The summed E-state index contributed by atoms with van der Waals surface area (Å²) in [6.45, 7) is 21.9. The number of pyridine rings is 6. The van der Waals surface area contributed by atoms with E-state index in [0.717, 1.165) is 5.82 Å². The Bertz CT molecular complexity index is 6550. The van der Waals surface area contributed by atoms with Gasteiger partial charge in [-0.1, -0.05) is 168 Å². The second-order valence-corrected chi connectivity index (χ2v) is 34.0. The molecule has 8 aromatic carbocycles. The zero-order valence-corrected chi connectivity index (χ0v) is 79.2. The number of benzene rings is 8. The predicted octanol–water partition coefficient (Wildman–Crippen LogP) is 19.1. The summed E-state index contributed by atoms with van der Waals surface area (Å²) >= 11 is 0. The first-order valence-electron chi connectivity index (χ1n) is 44.9. The van der Waals surface area contributed by atoms with Crippen LogP contribution in [-0.2, 0) is 56.4 Å². The molecule has 0 radical (unpaired) electrons. The van der Waals surface area contributed by atoms with Gasteiger partial charge in [0.2, 0.25) is 6.20 Å². The summed E-state index contributed by atoms with van der Waals surface area (Å²) in [5.41, 5.74) is 26.4. The van der Waals surface area contributed by atoms with Crippen LogP contribution in [0.5, 0.6) is 0 Å². The van der Waals surface area contributed by atoms with Gasteiger partial charge in [-0.15, -0.1) is 4.68 Å². The topological polar surface area (TPSA) is 66.8 Å². The number of hydrogen-bond acceptors (Lipinski definition) is 8. The lowest BCUT2D eigenvalue weighted by atomic mass is 10.0. The second kappa shape index (κ2) is 39.9. The van der Waals surface area contributed by atoms with Crippen molar-refractivity contribution < 1.29 is 36.8 Å². The highest BCUT2D eigenvalue weighted by Crippen LogP contribution is 2.48. The van der Waals surface area contributed by atoms with E-state index in [2.05, 4.69) is 571 Å². The number of aromatic nitrogens is 10. The first kappa shape index (κ1) is 89.8. The third-order valence-electron chi connectivity index (χ3n) is 25.8. The minimum Gasteiger partial charge on any atom is -0.339 e. The molecule has 130 heavy (non-hydrogen) atoms. The zero-order valence-electron chi connectivity index (χ0n) is 79.2. The molecule has 4 aliphatic heterocycles. The first-order chi connectivity index (χ1) is 62.9. The molecule has 18 heteroatoms.